The molecule has 0 saturated heterocycles. The van der Waals surface area contributed by atoms with Gasteiger partial charge in [-0.1, -0.05) is 13.2 Å². The first-order chi connectivity index (χ1) is 15.4. The van der Waals surface area contributed by atoms with Crippen LogP contribution in [0.25, 0.3) is 0 Å². The van der Waals surface area contributed by atoms with Gasteiger partial charge in [0, 0.05) is 12.2 Å². The van der Waals surface area contributed by atoms with Crippen molar-refractivity contribution >= 4 is 17.9 Å². The number of rotatable bonds is 12. The molecule has 168 valence electrons. The highest BCUT2D eigenvalue weighted by atomic mass is 16.6. The minimum Gasteiger partial charge on any atom is -0.490 e. The second kappa shape index (κ2) is 12.6. The van der Waals surface area contributed by atoms with Gasteiger partial charge in [0.2, 0.25) is 0 Å². The number of esters is 3. The molecule has 1 atom stereocenters. The van der Waals surface area contributed by atoms with E-state index in [9.17, 15) is 14.4 Å². The Morgan fingerprint density at radius 2 is 1.38 bits per heavy atom. The van der Waals surface area contributed by atoms with E-state index in [0.29, 0.717) is 22.8 Å². The van der Waals surface area contributed by atoms with Crippen LogP contribution in [0.2, 0.25) is 0 Å². The van der Waals surface area contributed by atoms with Crippen molar-refractivity contribution in [3.05, 3.63) is 79.4 Å². The summed E-state index contributed by atoms with van der Waals surface area (Å²) in [7, 11) is 0. The molecule has 0 radical (unpaired) electrons. The van der Waals surface area contributed by atoms with Gasteiger partial charge < -0.3 is 23.7 Å². The van der Waals surface area contributed by atoms with Crippen LogP contribution in [0.4, 0.5) is 0 Å². The number of carbonyl (C=O) groups is 3. The number of carbonyl (C=O) groups excluding carboxylic acids is 3. The second-order valence-corrected chi connectivity index (χ2v) is 6.37. The van der Waals surface area contributed by atoms with Crippen molar-refractivity contribution in [3.63, 3.8) is 0 Å². The van der Waals surface area contributed by atoms with Crippen molar-refractivity contribution in [2.24, 2.45) is 0 Å². The lowest BCUT2D eigenvalue weighted by atomic mass is 10.2. The van der Waals surface area contributed by atoms with Gasteiger partial charge in [-0.25, -0.2) is 14.4 Å². The summed E-state index contributed by atoms with van der Waals surface area (Å²) in [5, 5.41) is 0. The third kappa shape index (κ3) is 8.35. The SMILES string of the molecule is C=CC(=O)OCCOc1ccc(C(=O)Oc2ccc(O[C@@H](C)COC(=O)C=C)cc2)cc1. The Balaban J connectivity index is 1.80. The molecule has 0 aliphatic rings. The van der Waals surface area contributed by atoms with E-state index in [1.807, 2.05) is 0 Å². The smallest absolute Gasteiger partial charge is 0.343 e. The predicted octanol–water partition coefficient (Wildman–Crippen LogP) is 3.51. The Bertz CT molecular complexity index is 931. The monoisotopic (exact) mass is 440 g/mol. The van der Waals surface area contributed by atoms with Crippen LogP contribution in [-0.4, -0.2) is 43.8 Å². The summed E-state index contributed by atoms with van der Waals surface area (Å²) in [5.41, 5.74) is 0.341. The van der Waals surface area contributed by atoms with Crippen LogP contribution in [0, 0.1) is 0 Å². The van der Waals surface area contributed by atoms with Gasteiger partial charge in [0.15, 0.2) is 0 Å². The summed E-state index contributed by atoms with van der Waals surface area (Å²) in [6.45, 7) is 8.73. The molecule has 0 bridgehead atoms. The van der Waals surface area contributed by atoms with Crippen LogP contribution < -0.4 is 14.2 Å². The molecule has 8 nitrogen and oxygen atoms in total. The van der Waals surface area contributed by atoms with Crippen LogP contribution in [-0.2, 0) is 19.1 Å². The Labute approximate surface area is 186 Å². The zero-order chi connectivity index (χ0) is 23.3. The highest BCUT2D eigenvalue weighted by Gasteiger charge is 2.11. The fourth-order valence-corrected chi connectivity index (χ4v) is 2.32. The Morgan fingerprint density at radius 3 is 2.00 bits per heavy atom. The quantitative estimate of drug-likeness (QED) is 0.214. The van der Waals surface area contributed by atoms with Gasteiger partial charge in [-0.3, -0.25) is 0 Å². The van der Waals surface area contributed by atoms with Crippen molar-refractivity contribution in [2.45, 2.75) is 13.0 Å². The summed E-state index contributed by atoms with van der Waals surface area (Å²) in [4.78, 5) is 34.3. The molecule has 0 aliphatic carbocycles. The number of hydrogen-bond acceptors (Lipinski definition) is 8. The fraction of sp³-hybridized carbons (Fsp3) is 0.208. The fourth-order valence-electron chi connectivity index (χ4n) is 2.32. The molecule has 2 aromatic rings. The lowest BCUT2D eigenvalue weighted by Gasteiger charge is -2.14. The lowest BCUT2D eigenvalue weighted by Crippen LogP contribution is -2.20. The number of benzene rings is 2. The van der Waals surface area contributed by atoms with Gasteiger partial charge in [-0.15, -0.1) is 0 Å². The lowest BCUT2D eigenvalue weighted by molar-refractivity contribution is -0.140. The summed E-state index contributed by atoms with van der Waals surface area (Å²) < 4.78 is 26.1. The molecular formula is C24H24O8. The first-order valence-electron chi connectivity index (χ1n) is 9.71. The van der Waals surface area contributed by atoms with Gasteiger partial charge >= 0.3 is 17.9 Å². The van der Waals surface area contributed by atoms with E-state index in [-0.39, 0.29) is 25.9 Å². The van der Waals surface area contributed by atoms with Crippen LogP contribution >= 0.6 is 0 Å². The standard InChI is InChI=1S/C24H24O8/c1-4-22(25)29-15-14-28-19-8-6-18(7-9-19)24(27)32-21-12-10-20(11-13-21)31-17(3)16-30-23(26)5-2/h4-13,17H,1-2,14-16H2,3H3/t17-/m0/s1. The maximum atomic E-state index is 12.3. The third-order valence-corrected chi connectivity index (χ3v) is 3.85. The van der Waals surface area contributed by atoms with Crippen molar-refractivity contribution in [1.82, 2.24) is 0 Å². The van der Waals surface area contributed by atoms with Crippen molar-refractivity contribution in [1.29, 1.82) is 0 Å². The van der Waals surface area contributed by atoms with Gasteiger partial charge in [-0.2, -0.15) is 0 Å². The number of ether oxygens (including phenoxy) is 5. The second-order valence-electron chi connectivity index (χ2n) is 6.37. The van der Waals surface area contributed by atoms with Gasteiger partial charge in [0.1, 0.15) is 43.2 Å². The molecule has 0 spiro atoms. The van der Waals surface area contributed by atoms with Gasteiger partial charge in [-0.05, 0) is 55.5 Å². The van der Waals surface area contributed by atoms with E-state index < -0.39 is 17.9 Å². The first-order valence-corrected chi connectivity index (χ1v) is 9.71. The molecule has 2 aromatic carbocycles. The Hall–Kier alpha value is -4.07. The molecule has 0 N–H and O–H groups in total. The predicted molar refractivity (Wildman–Crippen MR) is 116 cm³/mol. The van der Waals surface area contributed by atoms with Gasteiger partial charge in [0.25, 0.3) is 0 Å². The minimum atomic E-state index is -0.533. The highest BCUT2D eigenvalue weighted by molar-refractivity contribution is 5.91. The molecule has 0 amide bonds. The zero-order valence-corrected chi connectivity index (χ0v) is 17.7. The molecule has 32 heavy (non-hydrogen) atoms. The molecule has 8 heteroatoms. The first kappa shape index (κ1) is 24.2. The molecule has 0 unspecified atom stereocenters. The largest absolute Gasteiger partial charge is 0.490 e. The molecule has 0 heterocycles. The van der Waals surface area contributed by atoms with Crippen molar-refractivity contribution in [2.75, 3.05) is 19.8 Å². The minimum absolute atomic E-state index is 0.0846. The van der Waals surface area contributed by atoms with Crippen LogP contribution in [0.15, 0.2) is 73.8 Å². The van der Waals surface area contributed by atoms with Crippen molar-refractivity contribution in [3.8, 4) is 17.2 Å². The number of hydrogen-bond donors (Lipinski definition) is 0. The highest BCUT2D eigenvalue weighted by Crippen LogP contribution is 2.20. The van der Waals surface area contributed by atoms with E-state index in [4.69, 9.17) is 23.7 Å². The van der Waals surface area contributed by atoms with E-state index in [2.05, 4.69) is 13.2 Å². The van der Waals surface area contributed by atoms with Crippen LogP contribution in [0.3, 0.4) is 0 Å². The average molecular weight is 440 g/mol. The zero-order valence-electron chi connectivity index (χ0n) is 17.7. The van der Waals surface area contributed by atoms with Gasteiger partial charge in [0.05, 0.1) is 5.56 Å². The van der Waals surface area contributed by atoms with E-state index in [1.54, 1.807) is 55.5 Å². The van der Waals surface area contributed by atoms with Crippen LogP contribution in [0.1, 0.15) is 17.3 Å². The van der Waals surface area contributed by atoms with E-state index in [0.717, 1.165) is 12.2 Å². The van der Waals surface area contributed by atoms with Crippen LogP contribution in [0.5, 0.6) is 17.2 Å². The molecule has 0 aliphatic heterocycles. The summed E-state index contributed by atoms with van der Waals surface area (Å²) in [6, 6.07) is 12.8. The van der Waals surface area contributed by atoms with E-state index >= 15 is 0 Å². The Morgan fingerprint density at radius 1 is 0.812 bits per heavy atom. The maximum Gasteiger partial charge on any atom is 0.343 e. The molecule has 2 rings (SSSR count). The summed E-state index contributed by atoms with van der Waals surface area (Å²) >= 11 is 0. The molecule has 0 aromatic heterocycles. The summed E-state index contributed by atoms with van der Waals surface area (Å²) in [5.74, 6) is -0.170. The average Bonchev–Trinajstić information content (AvgIpc) is 2.81. The topological polar surface area (TPSA) is 97.4 Å². The molecule has 0 fully saturated rings. The maximum absolute atomic E-state index is 12.3. The molecule has 0 saturated carbocycles. The Kier molecular flexibility index (Phi) is 9.52. The van der Waals surface area contributed by atoms with Crippen molar-refractivity contribution < 1.29 is 38.1 Å². The third-order valence-electron chi connectivity index (χ3n) is 3.85. The normalized spacial score (nSPS) is 10.9. The molecular weight excluding hydrogens is 416 g/mol. The summed E-state index contributed by atoms with van der Waals surface area (Å²) in [6.07, 6.45) is 1.80. The van der Waals surface area contributed by atoms with E-state index in [1.165, 1.54) is 0 Å².